The molecular formula is C36H42N2O7. The molecule has 1 atom stereocenters. The highest BCUT2D eigenvalue weighted by atomic mass is 16.6. The van der Waals surface area contributed by atoms with Gasteiger partial charge in [0.05, 0.1) is 18.2 Å². The third kappa shape index (κ3) is 9.01. The summed E-state index contributed by atoms with van der Waals surface area (Å²) in [4.78, 5) is 51.1. The van der Waals surface area contributed by atoms with E-state index >= 15 is 0 Å². The summed E-state index contributed by atoms with van der Waals surface area (Å²) in [5.41, 5.74) is 5.70. The summed E-state index contributed by atoms with van der Waals surface area (Å²) >= 11 is 0. The predicted molar refractivity (Wildman–Crippen MR) is 171 cm³/mol. The number of benzene rings is 3. The van der Waals surface area contributed by atoms with Crippen molar-refractivity contribution in [2.24, 2.45) is 0 Å². The quantitative estimate of drug-likeness (QED) is 0.144. The largest absolute Gasteiger partial charge is 0.459 e. The molecule has 3 aromatic rings. The minimum atomic E-state index is -0.963. The summed E-state index contributed by atoms with van der Waals surface area (Å²) in [7, 11) is 0. The summed E-state index contributed by atoms with van der Waals surface area (Å²) in [6.45, 7) is 9.00. The Bertz CT molecular complexity index is 1480. The highest BCUT2D eigenvalue weighted by Crippen LogP contribution is 2.44. The first kappa shape index (κ1) is 33.4. The molecular weight excluding hydrogens is 572 g/mol. The SMILES string of the molecule is Cc1cccc(C)c1C(=O)OCC(=O)[C@H](CCCNCC(=O)OC(C)(C)C)NC(=O)OCC1c2ccccc2-c2ccccc21. The Morgan fingerprint density at radius 2 is 1.42 bits per heavy atom. The van der Waals surface area contributed by atoms with E-state index in [1.165, 1.54) is 0 Å². The topological polar surface area (TPSA) is 120 Å². The van der Waals surface area contributed by atoms with Crippen molar-refractivity contribution in [2.45, 2.75) is 65.0 Å². The Balaban J connectivity index is 1.36. The van der Waals surface area contributed by atoms with Gasteiger partial charge in [-0.25, -0.2) is 9.59 Å². The van der Waals surface area contributed by atoms with Crippen LogP contribution in [0, 0.1) is 13.8 Å². The first-order chi connectivity index (χ1) is 21.4. The molecule has 9 nitrogen and oxygen atoms in total. The van der Waals surface area contributed by atoms with E-state index in [-0.39, 0.29) is 31.5 Å². The second kappa shape index (κ2) is 15.0. The normalized spacial score (nSPS) is 12.9. The second-order valence-electron chi connectivity index (χ2n) is 12.2. The number of fused-ring (bicyclic) bond motifs is 3. The van der Waals surface area contributed by atoms with Gasteiger partial charge in [-0.3, -0.25) is 9.59 Å². The van der Waals surface area contributed by atoms with Gasteiger partial charge in [0.2, 0.25) is 0 Å². The number of amides is 1. The van der Waals surface area contributed by atoms with Crippen LogP contribution in [0.1, 0.15) is 72.1 Å². The zero-order valence-corrected chi connectivity index (χ0v) is 26.6. The second-order valence-corrected chi connectivity index (χ2v) is 12.2. The number of Topliss-reactive ketones (excluding diaryl/α,β-unsaturated/α-hetero) is 1. The fourth-order valence-corrected chi connectivity index (χ4v) is 5.54. The summed E-state index contributed by atoms with van der Waals surface area (Å²) in [5.74, 6) is -1.58. The summed E-state index contributed by atoms with van der Waals surface area (Å²) < 4.78 is 16.3. The molecule has 0 aromatic heterocycles. The van der Waals surface area contributed by atoms with Crippen LogP contribution < -0.4 is 10.6 Å². The highest BCUT2D eigenvalue weighted by molar-refractivity contribution is 5.95. The number of alkyl carbamates (subject to hydrolysis) is 1. The lowest BCUT2D eigenvalue weighted by atomic mass is 9.98. The fraction of sp³-hybridized carbons (Fsp3) is 0.389. The van der Waals surface area contributed by atoms with E-state index in [4.69, 9.17) is 14.2 Å². The minimum Gasteiger partial charge on any atom is -0.459 e. The molecule has 0 heterocycles. The van der Waals surface area contributed by atoms with Gasteiger partial charge in [0.15, 0.2) is 12.4 Å². The number of ether oxygens (including phenoxy) is 3. The van der Waals surface area contributed by atoms with Crippen LogP contribution in [0.25, 0.3) is 11.1 Å². The van der Waals surface area contributed by atoms with Gasteiger partial charge in [0.25, 0.3) is 0 Å². The molecule has 0 radical (unpaired) electrons. The van der Waals surface area contributed by atoms with Crippen LogP contribution >= 0.6 is 0 Å². The van der Waals surface area contributed by atoms with Gasteiger partial charge in [-0.1, -0.05) is 66.7 Å². The third-order valence-electron chi connectivity index (χ3n) is 7.59. The van der Waals surface area contributed by atoms with Gasteiger partial charge in [-0.05, 0) is 87.4 Å². The Morgan fingerprint density at radius 1 is 0.822 bits per heavy atom. The molecule has 0 spiro atoms. The molecule has 1 aliphatic rings. The van der Waals surface area contributed by atoms with Crippen molar-refractivity contribution < 1.29 is 33.4 Å². The first-order valence-electron chi connectivity index (χ1n) is 15.2. The Labute approximate surface area is 264 Å². The van der Waals surface area contributed by atoms with Crippen molar-refractivity contribution in [2.75, 3.05) is 26.3 Å². The monoisotopic (exact) mass is 614 g/mol. The van der Waals surface area contributed by atoms with Gasteiger partial charge in [-0.15, -0.1) is 0 Å². The van der Waals surface area contributed by atoms with Gasteiger partial charge >= 0.3 is 18.0 Å². The highest BCUT2D eigenvalue weighted by Gasteiger charge is 2.30. The van der Waals surface area contributed by atoms with E-state index in [1.54, 1.807) is 46.8 Å². The number of aryl methyl sites for hydroxylation is 2. The fourth-order valence-electron chi connectivity index (χ4n) is 5.54. The van der Waals surface area contributed by atoms with E-state index in [0.717, 1.165) is 33.4 Å². The summed E-state index contributed by atoms with van der Waals surface area (Å²) in [6, 6.07) is 20.5. The molecule has 0 unspecified atom stereocenters. The van der Waals surface area contributed by atoms with Crippen LogP contribution in [0.5, 0.6) is 0 Å². The molecule has 1 aliphatic carbocycles. The maximum absolute atomic E-state index is 13.3. The molecule has 0 fully saturated rings. The van der Waals surface area contributed by atoms with Crippen LogP contribution in [0.3, 0.4) is 0 Å². The van der Waals surface area contributed by atoms with Crippen LogP contribution in [-0.4, -0.2) is 61.8 Å². The number of ketones is 1. The van der Waals surface area contributed by atoms with E-state index < -0.39 is 36.1 Å². The average molecular weight is 615 g/mol. The predicted octanol–water partition coefficient (Wildman–Crippen LogP) is 5.65. The van der Waals surface area contributed by atoms with E-state index in [0.29, 0.717) is 18.5 Å². The lowest BCUT2D eigenvalue weighted by Crippen LogP contribution is -2.43. The van der Waals surface area contributed by atoms with Crippen molar-refractivity contribution in [1.82, 2.24) is 10.6 Å². The zero-order valence-electron chi connectivity index (χ0n) is 26.6. The molecule has 0 bridgehead atoms. The number of hydrogen-bond acceptors (Lipinski definition) is 8. The van der Waals surface area contributed by atoms with E-state index in [9.17, 15) is 19.2 Å². The zero-order chi connectivity index (χ0) is 32.6. The smallest absolute Gasteiger partial charge is 0.407 e. The Kier molecular flexibility index (Phi) is 11.1. The Hall–Kier alpha value is -4.50. The van der Waals surface area contributed by atoms with Gasteiger partial charge in [-0.2, -0.15) is 0 Å². The molecule has 0 saturated carbocycles. The molecule has 238 valence electrons. The van der Waals surface area contributed by atoms with E-state index in [2.05, 4.69) is 22.8 Å². The molecule has 45 heavy (non-hydrogen) atoms. The molecule has 2 N–H and O–H groups in total. The van der Waals surface area contributed by atoms with Crippen LogP contribution in [-0.2, 0) is 23.8 Å². The molecule has 1 amide bonds. The molecule has 9 heteroatoms. The molecule has 4 rings (SSSR count). The maximum Gasteiger partial charge on any atom is 0.407 e. The number of rotatable bonds is 13. The Morgan fingerprint density at radius 3 is 2.02 bits per heavy atom. The van der Waals surface area contributed by atoms with Crippen molar-refractivity contribution in [3.05, 3.63) is 94.5 Å². The van der Waals surface area contributed by atoms with E-state index in [1.807, 2.05) is 42.5 Å². The minimum absolute atomic E-state index is 0.0169. The maximum atomic E-state index is 13.3. The van der Waals surface area contributed by atoms with Crippen molar-refractivity contribution in [3.63, 3.8) is 0 Å². The van der Waals surface area contributed by atoms with Crippen molar-refractivity contribution in [1.29, 1.82) is 0 Å². The van der Waals surface area contributed by atoms with Gasteiger partial charge < -0.3 is 24.8 Å². The van der Waals surface area contributed by atoms with Crippen LogP contribution in [0.2, 0.25) is 0 Å². The molecule has 0 saturated heterocycles. The van der Waals surface area contributed by atoms with Crippen molar-refractivity contribution in [3.8, 4) is 11.1 Å². The summed E-state index contributed by atoms with van der Waals surface area (Å²) in [6.07, 6.45) is -0.0445. The number of carbonyl (C=O) groups excluding carboxylic acids is 4. The lowest BCUT2D eigenvalue weighted by Gasteiger charge is -2.20. The van der Waals surface area contributed by atoms with Crippen molar-refractivity contribution >= 4 is 23.8 Å². The average Bonchev–Trinajstić information content (AvgIpc) is 3.30. The van der Waals surface area contributed by atoms with Crippen LogP contribution in [0.15, 0.2) is 66.7 Å². The number of nitrogens with one attached hydrogen (secondary N) is 2. The van der Waals surface area contributed by atoms with Gasteiger partial charge in [0.1, 0.15) is 12.2 Å². The number of esters is 2. The molecule has 0 aliphatic heterocycles. The third-order valence-corrected chi connectivity index (χ3v) is 7.59. The van der Waals surface area contributed by atoms with Crippen LogP contribution in [0.4, 0.5) is 4.79 Å². The molecule has 3 aromatic carbocycles. The summed E-state index contributed by atoms with van der Waals surface area (Å²) in [5, 5.41) is 5.69. The lowest BCUT2D eigenvalue weighted by molar-refractivity contribution is -0.153. The van der Waals surface area contributed by atoms with Gasteiger partial charge in [0, 0.05) is 5.92 Å². The number of carbonyl (C=O) groups is 4. The standard InChI is InChI=1S/C36H42N2O7/c1-23-12-10-13-24(2)33(23)34(41)43-22-31(39)30(18-11-19-37-20-32(40)45-36(3,4)5)38-35(42)44-21-29-27-16-8-6-14-25(27)26-15-7-9-17-28(26)29/h6-10,12-17,29-30,37H,11,18-22H2,1-5H3,(H,38,42)/t30-/m0/s1. The first-order valence-corrected chi connectivity index (χ1v) is 15.2. The number of hydrogen-bond donors (Lipinski definition) is 2.